The topological polar surface area (TPSA) is 68.0 Å². The van der Waals surface area contributed by atoms with E-state index in [1.54, 1.807) is 24.5 Å². The first kappa shape index (κ1) is 20.5. The van der Waals surface area contributed by atoms with Gasteiger partial charge in [0.1, 0.15) is 11.5 Å². The molecule has 6 nitrogen and oxygen atoms in total. The van der Waals surface area contributed by atoms with Gasteiger partial charge in [-0.25, -0.2) is 18.9 Å². The predicted octanol–water partition coefficient (Wildman–Crippen LogP) is 6.01. The number of hydrogen-bond donors (Lipinski definition) is 1. The van der Waals surface area contributed by atoms with E-state index in [1.807, 2.05) is 47.1 Å². The Hall–Kier alpha value is -4.13. The third-order valence-corrected chi connectivity index (χ3v) is 6.33. The fourth-order valence-electron chi connectivity index (χ4n) is 4.68. The third kappa shape index (κ3) is 3.79. The van der Waals surface area contributed by atoms with Crippen molar-refractivity contribution < 1.29 is 4.39 Å². The second-order valence-corrected chi connectivity index (χ2v) is 8.57. The van der Waals surface area contributed by atoms with Crippen molar-refractivity contribution in [3.05, 3.63) is 85.1 Å². The lowest BCUT2D eigenvalue weighted by Crippen LogP contribution is -2.16. The van der Waals surface area contributed by atoms with Crippen LogP contribution in [0.15, 0.2) is 79.3 Å². The van der Waals surface area contributed by atoms with Gasteiger partial charge < -0.3 is 5.32 Å². The minimum Gasteiger partial charge on any atom is -0.351 e. The van der Waals surface area contributed by atoms with E-state index in [2.05, 4.69) is 15.3 Å². The number of benzene rings is 1. The minimum absolute atomic E-state index is 0.282. The van der Waals surface area contributed by atoms with Crippen molar-refractivity contribution in [3.8, 4) is 33.8 Å². The molecule has 1 aliphatic carbocycles. The van der Waals surface area contributed by atoms with Gasteiger partial charge in [0.15, 0.2) is 0 Å². The highest BCUT2D eigenvalue weighted by Gasteiger charge is 2.21. The molecule has 0 aliphatic heterocycles. The highest BCUT2D eigenvalue weighted by atomic mass is 19.1. The molecule has 0 atom stereocenters. The van der Waals surface area contributed by atoms with Crippen molar-refractivity contribution in [1.29, 1.82) is 0 Å². The molecule has 1 fully saturated rings. The van der Waals surface area contributed by atoms with Crippen molar-refractivity contribution >= 4 is 11.5 Å². The quantitative estimate of drug-likeness (QED) is 0.355. The maximum atomic E-state index is 13.7. The van der Waals surface area contributed by atoms with E-state index in [0.29, 0.717) is 12.0 Å². The molecule has 0 spiro atoms. The van der Waals surface area contributed by atoms with Crippen LogP contribution in [0, 0.1) is 5.82 Å². The number of hydrogen-bond acceptors (Lipinski definition) is 5. The Labute approximate surface area is 196 Å². The Morgan fingerprint density at radius 1 is 0.882 bits per heavy atom. The summed E-state index contributed by atoms with van der Waals surface area (Å²) in [6.07, 6.45) is 10.1. The zero-order chi connectivity index (χ0) is 22.9. The SMILES string of the molecule is Fc1ccc(-c2nn3c(-c4cccnc4)cccc3c2-c2ccnc(NC3CCCC3)n2)cc1. The number of anilines is 1. The summed E-state index contributed by atoms with van der Waals surface area (Å²) < 4.78 is 15.6. The van der Waals surface area contributed by atoms with E-state index < -0.39 is 0 Å². The second-order valence-electron chi connectivity index (χ2n) is 8.57. The lowest BCUT2D eigenvalue weighted by atomic mass is 10.0. The molecule has 0 saturated heterocycles. The average molecular weight is 451 g/mol. The lowest BCUT2D eigenvalue weighted by molar-refractivity contribution is 0.628. The van der Waals surface area contributed by atoms with Gasteiger partial charge in [-0.1, -0.05) is 18.9 Å². The van der Waals surface area contributed by atoms with Gasteiger partial charge in [-0.3, -0.25) is 4.98 Å². The molecule has 0 unspecified atom stereocenters. The summed E-state index contributed by atoms with van der Waals surface area (Å²) in [4.78, 5) is 13.6. The first-order chi connectivity index (χ1) is 16.8. The van der Waals surface area contributed by atoms with E-state index >= 15 is 0 Å². The van der Waals surface area contributed by atoms with Crippen LogP contribution in [-0.2, 0) is 0 Å². The van der Waals surface area contributed by atoms with Gasteiger partial charge in [0.05, 0.1) is 22.5 Å². The van der Waals surface area contributed by atoms with Crippen LogP contribution in [0.4, 0.5) is 10.3 Å². The molecule has 5 aromatic rings. The summed E-state index contributed by atoms with van der Waals surface area (Å²) in [5.74, 6) is 0.340. The van der Waals surface area contributed by atoms with E-state index in [9.17, 15) is 4.39 Å². The normalized spacial score (nSPS) is 14.0. The molecule has 1 aliphatic rings. The largest absolute Gasteiger partial charge is 0.351 e. The number of nitrogens with zero attached hydrogens (tertiary/aromatic N) is 5. The maximum absolute atomic E-state index is 13.7. The molecule has 168 valence electrons. The fourth-order valence-corrected chi connectivity index (χ4v) is 4.68. The highest BCUT2D eigenvalue weighted by Crippen LogP contribution is 2.36. The van der Waals surface area contributed by atoms with Crippen LogP contribution in [0.2, 0.25) is 0 Å². The van der Waals surface area contributed by atoms with Gasteiger partial charge in [0.25, 0.3) is 0 Å². The smallest absolute Gasteiger partial charge is 0.223 e. The van der Waals surface area contributed by atoms with E-state index in [1.165, 1.54) is 25.0 Å². The summed E-state index contributed by atoms with van der Waals surface area (Å²) >= 11 is 0. The molecule has 4 heterocycles. The monoisotopic (exact) mass is 450 g/mol. The van der Waals surface area contributed by atoms with Gasteiger partial charge in [0.2, 0.25) is 5.95 Å². The van der Waals surface area contributed by atoms with Gasteiger partial charge in [-0.05, 0) is 67.4 Å². The number of fused-ring (bicyclic) bond motifs is 1. The zero-order valence-corrected chi connectivity index (χ0v) is 18.5. The summed E-state index contributed by atoms with van der Waals surface area (Å²) in [6, 6.07) is 18.7. The molecule has 7 heteroatoms. The van der Waals surface area contributed by atoms with Gasteiger partial charge >= 0.3 is 0 Å². The number of aromatic nitrogens is 5. The Kier molecular flexibility index (Phi) is 5.22. The summed E-state index contributed by atoms with van der Waals surface area (Å²) in [5, 5.41) is 8.47. The van der Waals surface area contributed by atoms with E-state index in [4.69, 9.17) is 10.1 Å². The van der Waals surface area contributed by atoms with Crippen molar-refractivity contribution in [1.82, 2.24) is 24.6 Å². The van der Waals surface area contributed by atoms with Crippen LogP contribution in [0.25, 0.3) is 39.3 Å². The first-order valence-electron chi connectivity index (χ1n) is 11.5. The Morgan fingerprint density at radius 3 is 2.53 bits per heavy atom. The van der Waals surface area contributed by atoms with Crippen LogP contribution in [-0.4, -0.2) is 30.6 Å². The van der Waals surface area contributed by atoms with Crippen LogP contribution < -0.4 is 5.32 Å². The number of nitrogens with one attached hydrogen (secondary N) is 1. The molecule has 0 amide bonds. The molecule has 1 N–H and O–H groups in total. The lowest BCUT2D eigenvalue weighted by Gasteiger charge is -2.12. The fraction of sp³-hybridized carbons (Fsp3) is 0.185. The molecular weight excluding hydrogens is 427 g/mol. The molecule has 1 saturated carbocycles. The van der Waals surface area contributed by atoms with Crippen molar-refractivity contribution in [2.24, 2.45) is 0 Å². The highest BCUT2D eigenvalue weighted by molar-refractivity contribution is 5.92. The standard InChI is InChI=1S/C27H23FN6/c28-20-12-10-18(11-13-20)26-25(22-14-16-30-27(32-22)31-21-6-1-2-7-21)24-9-3-8-23(34(24)33-26)19-5-4-15-29-17-19/h3-5,8-17,21H,1-2,6-7H2,(H,30,31,32). The number of halogens is 1. The van der Waals surface area contributed by atoms with Crippen molar-refractivity contribution in [2.75, 3.05) is 5.32 Å². The summed E-state index contributed by atoms with van der Waals surface area (Å²) in [6.45, 7) is 0. The molecule has 0 radical (unpaired) electrons. The minimum atomic E-state index is -0.282. The first-order valence-corrected chi connectivity index (χ1v) is 11.5. The van der Waals surface area contributed by atoms with Crippen LogP contribution in [0.5, 0.6) is 0 Å². The molecule has 4 aromatic heterocycles. The summed E-state index contributed by atoms with van der Waals surface area (Å²) in [5.41, 5.74) is 5.99. The summed E-state index contributed by atoms with van der Waals surface area (Å²) in [7, 11) is 0. The second kappa shape index (κ2) is 8.67. The number of rotatable bonds is 5. The van der Waals surface area contributed by atoms with Crippen molar-refractivity contribution in [2.45, 2.75) is 31.7 Å². The van der Waals surface area contributed by atoms with Crippen LogP contribution >= 0.6 is 0 Å². The van der Waals surface area contributed by atoms with Gasteiger partial charge in [-0.2, -0.15) is 5.10 Å². The van der Waals surface area contributed by atoms with E-state index in [-0.39, 0.29) is 5.82 Å². The predicted molar refractivity (Wildman–Crippen MR) is 131 cm³/mol. The third-order valence-electron chi connectivity index (χ3n) is 6.33. The average Bonchev–Trinajstić information content (AvgIpc) is 3.53. The molecule has 1 aromatic carbocycles. The number of pyridine rings is 2. The van der Waals surface area contributed by atoms with E-state index in [0.717, 1.165) is 52.1 Å². The molecule has 6 rings (SSSR count). The maximum Gasteiger partial charge on any atom is 0.223 e. The Bertz CT molecular complexity index is 1440. The molecular formula is C27H23FN6. The Balaban J connectivity index is 1.55. The van der Waals surface area contributed by atoms with Crippen LogP contribution in [0.3, 0.4) is 0 Å². The van der Waals surface area contributed by atoms with Gasteiger partial charge in [0, 0.05) is 35.8 Å². The molecule has 0 bridgehead atoms. The van der Waals surface area contributed by atoms with Gasteiger partial charge in [-0.15, -0.1) is 0 Å². The van der Waals surface area contributed by atoms with Crippen LogP contribution in [0.1, 0.15) is 25.7 Å². The zero-order valence-electron chi connectivity index (χ0n) is 18.5. The molecule has 34 heavy (non-hydrogen) atoms. The van der Waals surface area contributed by atoms with Crippen molar-refractivity contribution in [3.63, 3.8) is 0 Å². The Morgan fingerprint density at radius 2 is 1.74 bits per heavy atom.